The molecule has 0 heterocycles. The molecule has 0 aromatic heterocycles. The predicted molar refractivity (Wildman–Crippen MR) is 71.0 cm³/mol. The smallest absolute Gasteiger partial charge is 0.251 e. The number of alkyl halides is 1. The summed E-state index contributed by atoms with van der Waals surface area (Å²) in [5.74, 6) is -0.724. The van der Waals surface area contributed by atoms with Crippen LogP contribution in [0.3, 0.4) is 0 Å². The second kappa shape index (κ2) is 6.97. The fourth-order valence-electron chi connectivity index (χ4n) is 1.33. The summed E-state index contributed by atoms with van der Waals surface area (Å²) in [6.45, 7) is 2.48. The third-order valence-corrected chi connectivity index (χ3v) is 3.30. The number of halogens is 3. The number of carbonyl (C=O) groups is 1. The number of nitrogens with one attached hydrogen (secondary N) is 1. The Labute approximate surface area is 114 Å². The molecular formula is C12H14BrClFNO. The quantitative estimate of drug-likeness (QED) is 0.822. The van der Waals surface area contributed by atoms with Crippen molar-refractivity contribution in [2.45, 2.75) is 25.1 Å². The molecule has 1 amide bonds. The van der Waals surface area contributed by atoms with Gasteiger partial charge in [0.15, 0.2) is 0 Å². The summed E-state index contributed by atoms with van der Waals surface area (Å²) in [6, 6.07) is 4.09. The third kappa shape index (κ3) is 5.04. The fraction of sp³-hybridized carbons (Fsp3) is 0.417. The van der Waals surface area contributed by atoms with Gasteiger partial charge < -0.3 is 5.32 Å². The number of carbonyl (C=O) groups excluding carboxylic acids is 1. The van der Waals surface area contributed by atoms with Crippen LogP contribution in [0, 0.1) is 5.82 Å². The lowest BCUT2D eigenvalue weighted by molar-refractivity contribution is 0.0952. The Hall–Kier alpha value is -0.610. The monoisotopic (exact) mass is 321 g/mol. The summed E-state index contributed by atoms with van der Waals surface area (Å²) >= 11 is 9.07. The van der Waals surface area contributed by atoms with Gasteiger partial charge in [-0.3, -0.25) is 4.79 Å². The van der Waals surface area contributed by atoms with E-state index in [0.29, 0.717) is 23.0 Å². The van der Waals surface area contributed by atoms with Gasteiger partial charge >= 0.3 is 0 Å². The van der Waals surface area contributed by atoms with Crippen LogP contribution in [0.4, 0.5) is 4.39 Å². The zero-order chi connectivity index (χ0) is 12.8. The van der Waals surface area contributed by atoms with Crippen LogP contribution in [0.25, 0.3) is 0 Å². The van der Waals surface area contributed by atoms with Gasteiger partial charge in [-0.25, -0.2) is 4.39 Å². The van der Waals surface area contributed by atoms with Gasteiger partial charge in [-0.15, -0.1) is 11.6 Å². The summed E-state index contributed by atoms with van der Waals surface area (Å²) in [4.78, 5) is 11.7. The van der Waals surface area contributed by atoms with Crippen molar-refractivity contribution < 1.29 is 9.18 Å². The average molecular weight is 323 g/mol. The van der Waals surface area contributed by atoms with E-state index in [-0.39, 0.29) is 11.3 Å². The first-order valence-electron chi connectivity index (χ1n) is 5.41. The van der Waals surface area contributed by atoms with Gasteiger partial charge in [0.25, 0.3) is 5.91 Å². The van der Waals surface area contributed by atoms with E-state index in [1.54, 1.807) is 6.07 Å². The molecule has 17 heavy (non-hydrogen) atoms. The molecule has 0 spiro atoms. The number of hydrogen-bond acceptors (Lipinski definition) is 1. The molecule has 0 radical (unpaired) electrons. The van der Waals surface area contributed by atoms with Crippen molar-refractivity contribution >= 4 is 33.4 Å². The lowest BCUT2D eigenvalue weighted by Gasteiger charge is -2.08. The van der Waals surface area contributed by atoms with Crippen LogP contribution in [-0.4, -0.2) is 17.8 Å². The summed E-state index contributed by atoms with van der Waals surface area (Å²) in [5.41, 5.74) is 0.305. The average Bonchev–Trinajstić information content (AvgIpc) is 2.27. The molecule has 0 aliphatic heterocycles. The second-order valence-corrected chi connectivity index (χ2v) is 5.24. The lowest BCUT2D eigenvalue weighted by atomic mass is 10.2. The normalized spacial score (nSPS) is 12.2. The maximum absolute atomic E-state index is 13.1. The van der Waals surface area contributed by atoms with E-state index < -0.39 is 5.82 Å². The van der Waals surface area contributed by atoms with E-state index in [0.717, 1.165) is 6.42 Å². The zero-order valence-electron chi connectivity index (χ0n) is 9.47. The van der Waals surface area contributed by atoms with E-state index in [2.05, 4.69) is 21.2 Å². The van der Waals surface area contributed by atoms with Crippen molar-refractivity contribution in [2.24, 2.45) is 0 Å². The van der Waals surface area contributed by atoms with E-state index in [1.165, 1.54) is 12.1 Å². The topological polar surface area (TPSA) is 29.1 Å². The van der Waals surface area contributed by atoms with Crippen molar-refractivity contribution in [3.8, 4) is 0 Å². The van der Waals surface area contributed by atoms with Gasteiger partial charge in [0, 0.05) is 22.0 Å². The van der Waals surface area contributed by atoms with Crippen LogP contribution in [0.5, 0.6) is 0 Å². The first-order valence-corrected chi connectivity index (χ1v) is 6.64. The molecule has 1 atom stereocenters. The first-order chi connectivity index (χ1) is 8.02. The summed E-state index contributed by atoms with van der Waals surface area (Å²) in [6.07, 6.45) is 1.57. The zero-order valence-corrected chi connectivity index (χ0v) is 11.8. The summed E-state index contributed by atoms with van der Waals surface area (Å²) in [7, 11) is 0. The Morgan fingerprint density at radius 1 is 1.53 bits per heavy atom. The molecule has 5 heteroatoms. The number of amides is 1. The maximum atomic E-state index is 13.1. The SMILES string of the molecule is CCC(Cl)CCNC(=O)c1cc(F)cc(Br)c1. The van der Waals surface area contributed by atoms with Gasteiger partial charge in [0.05, 0.1) is 0 Å². The Morgan fingerprint density at radius 3 is 2.82 bits per heavy atom. The Balaban J connectivity index is 2.52. The van der Waals surface area contributed by atoms with Crippen molar-refractivity contribution in [3.63, 3.8) is 0 Å². The molecule has 2 nitrogen and oxygen atoms in total. The molecule has 0 bridgehead atoms. The maximum Gasteiger partial charge on any atom is 0.251 e. The first kappa shape index (κ1) is 14.5. The van der Waals surface area contributed by atoms with Crippen LogP contribution in [0.2, 0.25) is 0 Å². The van der Waals surface area contributed by atoms with Crippen LogP contribution in [0.1, 0.15) is 30.1 Å². The van der Waals surface area contributed by atoms with Crippen LogP contribution in [0.15, 0.2) is 22.7 Å². The van der Waals surface area contributed by atoms with Gasteiger partial charge in [-0.05, 0) is 31.0 Å². The van der Waals surface area contributed by atoms with Crippen molar-refractivity contribution in [1.29, 1.82) is 0 Å². The van der Waals surface area contributed by atoms with Gasteiger partial charge in [0.2, 0.25) is 0 Å². The highest BCUT2D eigenvalue weighted by molar-refractivity contribution is 9.10. The molecule has 1 aromatic rings. The molecule has 0 aliphatic rings. The van der Waals surface area contributed by atoms with E-state index in [9.17, 15) is 9.18 Å². The highest BCUT2D eigenvalue weighted by atomic mass is 79.9. The minimum absolute atomic E-state index is 0.0644. The molecular weight excluding hydrogens is 308 g/mol. The van der Waals surface area contributed by atoms with Crippen molar-refractivity contribution in [1.82, 2.24) is 5.32 Å². The summed E-state index contributed by atoms with van der Waals surface area (Å²) in [5, 5.41) is 2.77. The minimum Gasteiger partial charge on any atom is -0.352 e. The van der Waals surface area contributed by atoms with E-state index in [4.69, 9.17) is 11.6 Å². The molecule has 0 saturated carbocycles. The molecule has 1 aromatic carbocycles. The molecule has 1 N–H and O–H groups in total. The molecule has 1 rings (SSSR count). The molecule has 0 aliphatic carbocycles. The fourth-order valence-corrected chi connectivity index (χ4v) is 1.91. The van der Waals surface area contributed by atoms with Crippen molar-refractivity contribution in [3.05, 3.63) is 34.1 Å². The predicted octanol–water partition coefficient (Wildman–Crippen LogP) is 3.73. The number of rotatable bonds is 5. The largest absolute Gasteiger partial charge is 0.352 e. The molecule has 0 fully saturated rings. The lowest BCUT2D eigenvalue weighted by Crippen LogP contribution is -2.26. The van der Waals surface area contributed by atoms with Gasteiger partial charge in [0.1, 0.15) is 5.82 Å². The Morgan fingerprint density at radius 2 is 2.24 bits per heavy atom. The molecule has 0 saturated heterocycles. The number of benzene rings is 1. The van der Waals surface area contributed by atoms with Crippen molar-refractivity contribution in [2.75, 3.05) is 6.54 Å². The molecule has 94 valence electrons. The third-order valence-electron chi connectivity index (χ3n) is 2.31. The Kier molecular flexibility index (Phi) is 5.92. The highest BCUT2D eigenvalue weighted by Crippen LogP contribution is 2.14. The minimum atomic E-state index is -0.437. The van der Waals surface area contributed by atoms with E-state index >= 15 is 0 Å². The standard InChI is InChI=1S/C12H14BrClFNO/c1-2-10(14)3-4-16-12(17)8-5-9(13)7-11(15)6-8/h5-7,10H,2-4H2,1H3,(H,16,17). The highest BCUT2D eigenvalue weighted by Gasteiger charge is 2.08. The van der Waals surface area contributed by atoms with Gasteiger partial charge in [-0.1, -0.05) is 22.9 Å². The summed E-state index contributed by atoms with van der Waals surface area (Å²) < 4.78 is 13.6. The van der Waals surface area contributed by atoms with Crippen LogP contribution < -0.4 is 5.32 Å². The van der Waals surface area contributed by atoms with Gasteiger partial charge in [-0.2, -0.15) is 0 Å². The number of hydrogen-bond donors (Lipinski definition) is 1. The Bertz CT molecular complexity index is 380. The van der Waals surface area contributed by atoms with Crippen LogP contribution >= 0.6 is 27.5 Å². The molecule has 1 unspecified atom stereocenters. The van der Waals surface area contributed by atoms with Crippen LogP contribution in [-0.2, 0) is 0 Å². The van der Waals surface area contributed by atoms with E-state index in [1.807, 2.05) is 6.92 Å². The second-order valence-electron chi connectivity index (χ2n) is 3.71.